The van der Waals surface area contributed by atoms with Crippen LogP contribution in [0.25, 0.3) is 0 Å². The standard InChI is InChI=1S/C24H26N2O4S/c1-28-20-9-6-10-21(29-2)24(20)30-15-22-25-18(16-31-22)14-26(19-11-12-19)23(27)13-17-7-4-3-5-8-17/h3-10,16,19H,11-15H2,1-2H3. The number of rotatable bonds is 10. The lowest BCUT2D eigenvalue weighted by molar-refractivity contribution is -0.131. The van der Waals surface area contributed by atoms with E-state index >= 15 is 0 Å². The highest BCUT2D eigenvalue weighted by atomic mass is 32.1. The van der Waals surface area contributed by atoms with Gasteiger partial charge in [0.15, 0.2) is 11.5 Å². The second kappa shape index (κ2) is 9.83. The van der Waals surface area contributed by atoms with E-state index in [1.165, 1.54) is 11.3 Å². The Morgan fingerprint density at radius 2 is 1.77 bits per heavy atom. The van der Waals surface area contributed by atoms with E-state index in [1.807, 2.05) is 58.8 Å². The number of methoxy groups -OCH3 is 2. The Morgan fingerprint density at radius 3 is 2.42 bits per heavy atom. The number of thiazole rings is 1. The quantitative estimate of drug-likeness (QED) is 0.467. The van der Waals surface area contributed by atoms with E-state index < -0.39 is 0 Å². The SMILES string of the molecule is COc1cccc(OC)c1OCc1nc(CN(C(=O)Cc2ccccc2)C2CC2)cs1. The van der Waals surface area contributed by atoms with Crippen molar-refractivity contribution in [1.29, 1.82) is 0 Å². The number of carbonyl (C=O) groups is 1. The number of amides is 1. The van der Waals surface area contributed by atoms with Crippen molar-refractivity contribution < 1.29 is 19.0 Å². The average molecular weight is 439 g/mol. The largest absolute Gasteiger partial charge is 0.493 e. The first-order chi connectivity index (χ1) is 15.2. The van der Waals surface area contributed by atoms with Crippen LogP contribution in [-0.2, 0) is 24.4 Å². The molecule has 162 valence electrons. The summed E-state index contributed by atoms with van der Waals surface area (Å²) in [7, 11) is 3.20. The fourth-order valence-corrected chi connectivity index (χ4v) is 4.13. The van der Waals surface area contributed by atoms with Crippen LogP contribution >= 0.6 is 11.3 Å². The zero-order chi connectivity index (χ0) is 21.6. The molecule has 0 saturated heterocycles. The maximum atomic E-state index is 12.9. The van der Waals surface area contributed by atoms with Crippen molar-refractivity contribution in [3.63, 3.8) is 0 Å². The van der Waals surface area contributed by atoms with Crippen molar-refractivity contribution in [2.75, 3.05) is 14.2 Å². The van der Waals surface area contributed by atoms with Crippen LogP contribution in [0, 0.1) is 0 Å². The number of nitrogens with zero attached hydrogens (tertiary/aromatic N) is 2. The molecule has 0 radical (unpaired) electrons. The van der Waals surface area contributed by atoms with Gasteiger partial charge >= 0.3 is 0 Å². The molecule has 1 amide bonds. The van der Waals surface area contributed by atoms with Crippen LogP contribution in [0.1, 0.15) is 29.1 Å². The Morgan fingerprint density at radius 1 is 1.06 bits per heavy atom. The Kier molecular flexibility index (Phi) is 6.72. The smallest absolute Gasteiger partial charge is 0.227 e. The van der Waals surface area contributed by atoms with Gasteiger partial charge in [0, 0.05) is 11.4 Å². The number of hydrogen-bond donors (Lipinski definition) is 0. The van der Waals surface area contributed by atoms with Crippen molar-refractivity contribution in [1.82, 2.24) is 9.88 Å². The predicted molar refractivity (Wildman–Crippen MR) is 120 cm³/mol. The normalized spacial score (nSPS) is 13.0. The monoisotopic (exact) mass is 438 g/mol. The maximum Gasteiger partial charge on any atom is 0.227 e. The highest BCUT2D eigenvalue weighted by Gasteiger charge is 2.32. The van der Waals surface area contributed by atoms with E-state index in [4.69, 9.17) is 19.2 Å². The Balaban J connectivity index is 1.40. The van der Waals surface area contributed by atoms with E-state index in [0.29, 0.717) is 42.9 Å². The molecule has 1 fully saturated rings. The lowest BCUT2D eigenvalue weighted by Gasteiger charge is -2.21. The molecule has 31 heavy (non-hydrogen) atoms. The zero-order valence-corrected chi connectivity index (χ0v) is 18.6. The second-order valence-corrected chi connectivity index (χ2v) is 8.37. The molecule has 1 saturated carbocycles. The summed E-state index contributed by atoms with van der Waals surface area (Å²) in [6, 6.07) is 15.7. The van der Waals surface area contributed by atoms with Gasteiger partial charge in [-0.25, -0.2) is 4.98 Å². The predicted octanol–water partition coefficient (Wildman–Crippen LogP) is 4.47. The summed E-state index contributed by atoms with van der Waals surface area (Å²) in [6.07, 6.45) is 2.55. The summed E-state index contributed by atoms with van der Waals surface area (Å²) >= 11 is 1.53. The summed E-state index contributed by atoms with van der Waals surface area (Å²) in [6.45, 7) is 0.841. The molecule has 0 N–H and O–H groups in total. The van der Waals surface area contributed by atoms with Crippen molar-refractivity contribution in [2.45, 2.75) is 38.5 Å². The summed E-state index contributed by atoms with van der Waals surface area (Å²) < 4.78 is 16.7. The van der Waals surface area contributed by atoms with E-state index in [0.717, 1.165) is 29.1 Å². The lowest BCUT2D eigenvalue weighted by Crippen LogP contribution is -2.33. The van der Waals surface area contributed by atoms with E-state index in [-0.39, 0.29) is 5.91 Å². The molecular weight excluding hydrogens is 412 g/mol. The van der Waals surface area contributed by atoms with Crippen LogP contribution in [0.5, 0.6) is 17.2 Å². The van der Waals surface area contributed by atoms with Gasteiger partial charge in [-0.2, -0.15) is 0 Å². The minimum Gasteiger partial charge on any atom is -0.493 e. The molecule has 0 aliphatic heterocycles. The number of para-hydroxylation sites is 1. The van der Waals surface area contributed by atoms with E-state index in [1.54, 1.807) is 14.2 Å². The van der Waals surface area contributed by atoms with E-state index in [9.17, 15) is 4.79 Å². The van der Waals surface area contributed by atoms with Crippen molar-refractivity contribution >= 4 is 17.2 Å². The lowest BCUT2D eigenvalue weighted by atomic mass is 10.1. The minimum absolute atomic E-state index is 0.151. The average Bonchev–Trinajstić information content (AvgIpc) is 3.54. The Bertz CT molecular complexity index is 995. The van der Waals surface area contributed by atoms with Gasteiger partial charge < -0.3 is 19.1 Å². The van der Waals surface area contributed by atoms with Crippen LogP contribution in [0.2, 0.25) is 0 Å². The van der Waals surface area contributed by atoms with Crippen LogP contribution in [0.4, 0.5) is 0 Å². The van der Waals surface area contributed by atoms with Gasteiger partial charge in [-0.3, -0.25) is 4.79 Å². The zero-order valence-electron chi connectivity index (χ0n) is 17.7. The molecule has 2 aromatic carbocycles. The summed E-state index contributed by atoms with van der Waals surface area (Å²) in [5, 5.41) is 2.85. The maximum absolute atomic E-state index is 12.9. The molecule has 3 aromatic rings. The van der Waals surface area contributed by atoms with Crippen LogP contribution in [-0.4, -0.2) is 36.1 Å². The Labute approximate surface area is 186 Å². The van der Waals surface area contributed by atoms with Crippen molar-refractivity contribution in [2.24, 2.45) is 0 Å². The topological polar surface area (TPSA) is 60.9 Å². The summed E-state index contributed by atoms with van der Waals surface area (Å²) in [5.41, 5.74) is 1.93. The number of hydrogen-bond acceptors (Lipinski definition) is 6. The first kappa shape index (κ1) is 21.2. The fourth-order valence-electron chi connectivity index (χ4n) is 3.43. The van der Waals surface area contributed by atoms with Gasteiger partial charge in [0.1, 0.15) is 11.6 Å². The number of aromatic nitrogens is 1. The molecule has 1 heterocycles. The molecule has 6 nitrogen and oxygen atoms in total. The molecule has 1 aliphatic carbocycles. The molecule has 1 aromatic heterocycles. The molecule has 1 aliphatic rings. The summed E-state index contributed by atoms with van der Waals surface area (Å²) in [4.78, 5) is 19.6. The van der Waals surface area contributed by atoms with Crippen molar-refractivity contribution in [3.8, 4) is 17.2 Å². The fraction of sp³-hybridized carbons (Fsp3) is 0.333. The van der Waals surface area contributed by atoms with Gasteiger partial charge in [-0.05, 0) is 30.5 Å². The summed E-state index contributed by atoms with van der Waals surface area (Å²) in [5.74, 6) is 1.94. The molecule has 0 unspecified atom stereocenters. The first-order valence-corrected chi connectivity index (χ1v) is 11.2. The first-order valence-electron chi connectivity index (χ1n) is 10.3. The van der Waals surface area contributed by atoms with Crippen LogP contribution in [0.15, 0.2) is 53.9 Å². The molecule has 0 spiro atoms. The van der Waals surface area contributed by atoms with Crippen LogP contribution < -0.4 is 14.2 Å². The van der Waals surface area contributed by atoms with E-state index in [2.05, 4.69) is 0 Å². The Hall–Kier alpha value is -3.06. The number of benzene rings is 2. The number of carbonyl (C=O) groups excluding carboxylic acids is 1. The highest BCUT2D eigenvalue weighted by molar-refractivity contribution is 7.09. The third-order valence-corrected chi connectivity index (χ3v) is 6.03. The second-order valence-electron chi connectivity index (χ2n) is 7.43. The molecule has 4 rings (SSSR count). The third kappa shape index (κ3) is 5.35. The van der Waals surface area contributed by atoms with Crippen LogP contribution in [0.3, 0.4) is 0 Å². The third-order valence-electron chi connectivity index (χ3n) is 5.16. The van der Waals surface area contributed by atoms with Gasteiger partial charge in [-0.1, -0.05) is 36.4 Å². The van der Waals surface area contributed by atoms with Gasteiger partial charge in [0.2, 0.25) is 11.7 Å². The van der Waals surface area contributed by atoms with Gasteiger partial charge in [-0.15, -0.1) is 11.3 Å². The molecule has 0 bridgehead atoms. The minimum atomic E-state index is 0.151. The van der Waals surface area contributed by atoms with Gasteiger partial charge in [0.05, 0.1) is 32.9 Å². The molecule has 7 heteroatoms. The molecule has 0 atom stereocenters. The highest BCUT2D eigenvalue weighted by Crippen LogP contribution is 2.37. The number of ether oxygens (including phenoxy) is 3. The molecular formula is C24H26N2O4S. The van der Waals surface area contributed by atoms with Gasteiger partial charge in [0.25, 0.3) is 0 Å². The van der Waals surface area contributed by atoms with Crippen molar-refractivity contribution in [3.05, 3.63) is 70.2 Å².